The molecule has 1 aromatic carbocycles. The molecule has 15 heteroatoms. The standard InChI is InChI=1S/C30H38ClF3N4O6Si/c1-30(33,34)14-43-17-9-16-5-6-20(24(16)19(32)10-17)35-27-18(31)11-21-28(37-27)38(15-40-7-8-45(2,3)4)29(36-21)44-23-13-42-25-22(39)12-41-26(23)25/h9-11,20,22-23,25-26,39H,5-8,12-15H2,1-4H3,(H,35,37)/t20?,22-,23-,25-,26-/m1/s1. The Morgan fingerprint density at radius 1 is 1.16 bits per heavy atom. The van der Waals surface area contributed by atoms with E-state index in [9.17, 15) is 13.9 Å². The lowest BCUT2D eigenvalue weighted by molar-refractivity contribution is -0.0230. The van der Waals surface area contributed by atoms with Crippen LogP contribution in [0.1, 0.15) is 30.5 Å². The first-order chi connectivity index (χ1) is 21.3. The average Bonchev–Trinajstić information content (AvgIpc) is 3.71. The Morgan fingerprint density at radius 2 is 1.93 bits per heavy atom. The quantitative estimate of drug-likeness (QED) is 0.189. The van der Waals surface area contributed by atoms with Crippen molar-refractivity contribution < 1.29 is 42.0 Å². The Kier molecular flexibility index (Phi) is 9.00. The number of pyridine rings is 1. The fourth-order valence-electron chi connectivity index (χ4n) is 5.82. The molecule has 2 saturated heterocycles. The van der Waals surface area contributed by atoms with E-state index in [-0.39, 0.29) is 36.7 Å². The summed E-state index contributed by atoms with van der Waals surface area (Å²) in [4.78, 5) is 9.45. The van der Waals surface area contributed by atoms with Crippen LogP contribution in [0.15, 0.2) is 18.2 Å². The van der Waals surface area contributed by atoms with Crippen molar-refractivity contribution in [2.75, 3.05) is 31.7 Å². The molecule has 0 amide bonds. The highest BCUT2D eigenvalue weighted by molar-refractivity contribution is 6.76. The molecule has 0 radical (unpaired) electrons. The molecule has 1 unspecified atom stereocenters. The van der Waals surface area contributed by atoms with Crippen LogP contribution in [0.2, 0.25) is 30.7 Å². The van der Waals surface area contributed by atoms with Gasteiger partial charge in [0.2, 0.25) is 0 Å². The Labute approximate surface area is 265 Å². The molecule has 4 heterocycles. The molecule has 3 aliphatic rings. The van der Waals surface area contributed by atoms with Crippen molar-refractivity contribution in [3.8, 4) is 11.8 Å². The first kappa shape index (κ1) is 32.3. The average molecular weight is 671 g/mol. The number of aliphatic hydroxyl groups is 1. The van der Waals surface area contributed by atoms with Crippen molar-refractivity contribution in [2.24, 2.45) is 0 Å². The van der Waals surface area contributed by atoms with Gasteiger partial charge in [0, 0.05) is 33.2 Å². The predicted octanol–water partition coefficient (Wildman–Crippen LogP) is 5.58. The third kappa shape index (κ3) is 7.20. The number of rotatable bonds is 12. The third-order valence-corrected chi connectivity index (χ3v) is 10.1. The number of nitrogens with zero attached hydrogens (tertiary/aromatic N) is 3. The Morgan fingerprint density at radius 3 is 2.69 bits per heavy atom. The highest BCUT2D eigenvalue weighted by Gasteiger charge is 2.49. The van der Waals surface area contributed by atoms with E-state index in [1.165, 1.54) is 0 Å². The summed E-state index contributed by atoms with van der Waals surface area (Å²) in [7, 11) is -1.34. The molecule has 1 aliphatic carbocycles. The smallest absolute Gasteiger partial charge is 0.301 e. The largest absolute Gasteiger partial charge is 0.487 e. The second-order valence-corrected chi connectivity index (χ2v) is 19.3. The number of aromatic nitrogens is 3. The van der Waals surface area contributed by atoms with E-state index in [1.54, 1.807) is 16.7 Å². The Hall–Kier alpha value is -2.62. The van der Waals surface area contributed by atoms with Crippen LogP contribution in [0.4, 0.5) is 19.0 Å². The van der Waals surface area contributed by atoms with Gasteiger partial charge in [0.1, 0.15) is 47.9 Å². The molecule has 0 bridgehead atoms. The van der Waals surface area contributed by atoms with Crippen molar-refractivity contribution in [3.63, 3.8) is 0 Å². The van der Waals surface area contributed by atoms with E-state index in [0.29, 0.717) is 47.6 Å². The SMILES string of the molecule is CC(F)(F)COc1cc(F)c2c(c1)CCC2Nc1nc2c(cc1Cl)nc(O[C@@H]1CO[C@H]3[C@@H]1OC[C@H]3O)n2COCC[Si](C)(C)C. The minimum atomic E-state index is -3.03. The van der Waals surface area contributed by atoms with Crippen LogP contribution in [0.25, 0.3) is 11.2 Å². The summed E-state index contributed by atoms with van der Waals surface area (Å²) in [5.74, 6) is -3.19. The number of hydrogen-bond acceptors (Lipinski definition) is 9. The predicted molar refractivity (Wildman–Crippen MR) is 164 cm³/mol. The van der Waals surface area contributed by atoms with Gasteiger partial charge in [-0.15, -0.1) is 0 Å². The molecule has 10 nitrogen and oxygen atoms in total. The van der Waals surface area contributed by atoms with Gasteiger partial charge in [-0.1, -0.05) is 31.2 Å². The van der Waals surface area contributed by atoms with Crippen LogP contribution >= 0.6 is 11.6 Å². The molecule has 246 valence electrons. The van der Waals surface area contributed by atoms with Crippen molar-refractivity contribution in [1.82, 2.24) is 14.5 Å². The number of aliphatic hydroxyl groups excluding tert-OH is 1. The topological polar surface area (TPSA) is 109 Å². The van der Waals surface area contributed by atoms with E-state index in [4.69, 9.17) is 40.3 Å². The van der Waals surface area contributed by atoms with Gasteiger partial charge in [0.25, 0.3) is 5.92 Å². The van der Waals surface area contributed by atoms with E-state index in [2.05, 4.69) is 29.9 Å². The van der Waals surface area contributed by atoms with E-state index < -0.39 is 56.9 Å². The fraction of sp³-hybridized carbons (Fsp3) is 0.600. The molecule has 6 rings (SSSR count). The van der Waals surface area contributed by atoms with E-state index in [0.717, 1.165) is 19.0 Å². The molecule has 3 aromatic rings. The van der Waals surface area contributed by atoms with Crippen LogP contribution in [-0.4, -0.2) is 84.5 Å². The molecule has 0 spiro atoms. The summed E-state index contributed by atoms with van der Waals surface area (Å²) in [5.41, 5.74) is 2.03. The van der Waals surface area contributed by atoms with Crippen LogP contribution < -0.4 is 14.8 Å². The van der Waals surface area contributed by atoms with Crippen molar-refractivity contribution in [1.29, 1.82) is 0 Å². The fourth-order valence-corrected chi connectivity index (χ4v) is 6.77. The highest BCUT2D eigenvalue weighted by Crippen LogP contribution is 2.40. The van der Waals surface area contributed by atoms with Crippen LogP contribution in [0.5, 0.6) is 11.8 Å². The maximum atomic E-state index is 15.3. The van der Waals surface area contributed by atoms with Crippen molar-refractivity contribution >= 4 is 36.7 Å². The van der Waals surface area contributed by atoms with Crippen LogP contribution in [0, 0.1) is 5.82 Å². The van der Waals surface area contributed by atoms with Gasteiger partial charge in [0.05, 0.1) is 24.3 Å². The zero-order chi connectivity index (χ0) is 32.1. The summed E-state index contributed by atoms with van der Waals surface area (Å²) in [6, 6.07) is 5.15. The van der Waals surface area contributed by atoms with Gasteiger partial charge in [-0.05, 0) is 36.6 Å². The maximum Gasteiger partial charge on any atom is 0.301 e. The number of anilines is 1. The molecular formula is C30H38ClF3N4O6Si. The molecule has 0 saturated carbocycles. The minimum Gasteiger partial charge on any atom is -0.487 e. The number of alkyl halides is 2. The van der Waals surface area contributed by atoms with Gasteiger partial charge in [-0.25, -0.2) is 18.2 Å². The second kappa shape index (κ2) is 12.5. The summed E-state index contributed by atoms with van der Waals surface area (Å²) in [6.07, 6.45) is -1.04. The zero-order valence-corrected chi connectivity index (χ0v) is 27.4. The normalized spacial score (nSPS) is 24.7. The Balaban J connectivity index is 1.26. The second-order valence-electron chi connectivity index (χ2n) is 13.2. The number of fused-ring (bicyclic) bond motifs is 3. The van der Waals surface area contributed by atoms with Gasteiger partial charge >= 0.3 is 6.01 Å². The summed E-state index contributed by atoms with van der Waals surface area (Å²) in [6.45, 7) is 7.80. The molecular weight excluding hydrogens is 633 g/mol. The van der Waals surface area contributed by atoms with Crippen molar-refractivity contribution in [3.05, 3.63) is 40.2 Å². The lowest BCUT2D eigenvalue weighted by atomic mass is 10.1. The summed E-state index contributed by atoms with van der Waals surface area (Å²) >= 11 is 6.66. The Bertz CT molecular complexity index is 1550. The van der Waals surface area contributed by atoms with Gasteiger partial charge < -0.3 is 34.1 Å². The molecule has 45 heavy (non-hydrogen) atoms. The van der Waals surface area contributed by atoms with E-state index in [1.807, 2.05) is 0 Å². The number of benzene rings is 1. The minimum absolute atomic E-state index is 0.0630. The first-order valence-electron chi connectivity index (χ1n) is 15.1. The van der Waals surface area contributed by atoms with Gasteiger partial charge in [0.15, 0.2) is 18.4 Å². The van der Waals surface area contributed by atoms with Crippen molar-refractivity contribution in [2.45, 2.75) is 88.6 Å². The number of imidazole rings is 1. The number of halogens is 4. The molecule has 2 N–H and O–H groups in total. The first-order valence-corrected chi connectivity index (χ1v) is 19.2. The molecule has 2 fully saturated rings. The number of aryl methyl sites for hydroxylation is 1. The lowest BCUT2D eigenvalue weighted by Gasteiger charge is -2.19. The number of nitrogens with one attached hydrogen (secondary N) is 1. The number of ether oxygens (including phenoxy) is 5. The zero-order valence-electron chi connectivity index (χ0n) is 25.6. The molecule has 2 aromatic heterocycles. The monoisotopic (exact) mass is 670 g/mol. The highest BCUT2D eigenvalue weighted by atomic mass is 35.5. The summed E-state index contributed by atoms with van der Waals surface area (Å²) < 4.78 is 72.5. The maximum absolute atomic E-state index is 15.3. The molecule has 2 aliphatic heterocycles. The van der Waals surface area contributed by atoms with Gasteiger partial charge in [-0.3, -0.25) is 4.57 Å². The molecule has 5 atom stereocenters. The van der Waals surface area contributed by atoms with Crippen LogP contribution in [-0.2, 0) is 27.4 Å². The van der Waals surface area contributed by atoms with E-state index >= 15 is 4.39 Å². The lowest BCUT2D eigenvalue weighted by Crippen LogP contribution is -2.35. The third-order valence-electron chi connectivity index (χ3n) is 8.14. The summed E-state index contributed by atoms with van der Waals surface area (Å²) in [5, 5.41) is 13.7. The van der Waals surface area contributed by atoms with Crippen LogP contribution in [0.3, 0.4) is 0 Å². The number of hydrogen-bond donors (Lipinski definition) is 2. The van der Waals surface area contributed by atoms with Gasteiger partial charge in [-0.2, -0.15) is 4.98 Å².